The molecule has 0 aromatic carbocycles. The fourth-order valence-corrected chi connectivity index (χ4v) is 2.63. The van der Waals surface area contributed by atoms with Crippen LogP contribution in [-0.2, 0) is 9.47 Å². The molecule has 12 heteroatoms. The lowest BCUT2D eigenvalue weighted by Gasteiger charge is -2.16. The smallest absolute Gasteiger partial charge is 0.356 e. The molecule has 1 aliphatic heterocycles. The molecule has 3 atom stereocenters. The Labute approximate surface area is 145 Å². The van der Waals surface area contributed by atoms with Crippen LogP contribution in [0.25, 0.3) is 10.4 Å². The topological polar surface area (TPSA) is 168 Å². The molecular weight excluding hydrogens is 346 g/mol. The molecule has 1 aliphatic rings. The van der Waals surface area contributed by atoms with Crippen molar-refractivity contribution in [3.05, 3.63) is 61.3 Å². The number of ether oxygens (including phenoxy) is 2. The van der Waals surface area contributed by atoms with Gasteiger partial charge in [0, 0.05) is 23.1 Å². The highest BCUT2D eigenvalue weighted by molar-refractivity contribution is 5.86. The number of nitrogens with one attached hydrogen (secondary N) is 2. The zero-order valence-corrected chi connectivity index (χ0v) is 13.7. The Balaban J connectivity index is 1.75. The predicted molar refractivity (Wildman–Crippen MR) is 86.4 cm³/mol. The summed E-state index contributed by atoms with van der Waals surface area (Å²) in [7, 11) is 0. The molecule has 12 nitrogen and oxygen atoms in total. The second kappa shape index (κ2) is 7.25. The Hall–Kier alpha value is -3.37. The van der Waals surface area contributed by atoms with Crippen molar-refractivity contribution in [3.63, 3.8) is 0 Å². The van der Waals surface area contributed by atoms with Gasteiger partial charge in [0.15, 0.2) is 0 Å². The monoisotopic (exact) mass is 361 g/mol. The third-order valence-electron chi connectivity index (χ3n) is 3.96. The number of imidazole rings is 1. The van der Waals surface area contributed by atoms with Gasteiger partial charge in [0.05, 0.1) is 18.6 Å². The molecule has 1 saturated heterocycles. The number of hydrogen-bond acceptors (Lipinski definition) is 7. The van der Waals surface area contributed by atoms with Crippen LogP contribution in [0.15, 0.2) is 33.4 Å². The normalized spacial score (nSPS) is 22.0. The number of carbonyl (C=O) groups is 1. The maximum absolute atomic E-state index is 12.0. The lowest BCUT2D eigenvalue weighted by molar-refractivity contribution is -0.0364. The van der Waals surface area contributed by atoms with Crippen molar-refractivity contribution in [2.24, 2.45) is 5.11 Å². The van der Waals surface area contributed by atoms with Crippen LogP contribution in [0.3, 0.4) is 0 Å². The molecule has 0 saturated carbocycles. The average Bonchev–Trinajstić information content (AvgIpc) is 3.26. The molecule has 0 amide bonds. The first-order valence-corrected chi connectivity index (χ1v) is 7.67. The van der Waals surface area contributed by atoms with Crippen molar-refractivity contribution in [3.8, 4) is 0 Å². The number of hydrogen-bond donors (Lipinski definition) is 2. The maximum atomic E-state index is 12.0. The van der Waals surface area contributed by atoms with E-state index in [2.05, 4.69) is 25.0 Å². The first-order valence-electron chi connectivity index (χ1n) is 7.67. The second-order valence-corrected chi connectivity index (χ2v) is 5.68. The van der Waals surface area contributed by atoms with Crippen molar-refractivity contribution >= 4 is 5.97 Å². The van der Waals surface area contributed by atoms with Gasteiger partial charge in [0.1, 0.15) is 24.6 Å². The van der Waals surface area contributed by atoms with Crippen molar-refractivity contribution in [1.29, 1.82) is 0 Å². The molecule has 2 N–H and O–H groups in total. The van der Waals surface area contributed by atoms with Gasteiger partial charge < -0.3 is 14.5 Å². The van der Waals surface area contributed by atoms with Crippen LogP contribution >= 0.6 is 0 Å². The van der Waals surface area contributed by atoms with E-state index in [1.54, 1.807) is 6.92 Å². The lowest BCUT2D eigenvalue weighted by atomic mass is 10.1. The molecule has 1 fully saturated rings. The lowest BCUT2D eigenvalue weighted by Crippen LogP contribution is -2.33. The van der Waals surface area contributed by atoms with Crippen LogP contribution in [0.4, 0.5) is 0 Å². The molecular formula is C14H15N7O5. The number of aryl methyl sites for hydroxylation is 1. The van der Waals surface area contributed by atoms with E-state index in [1.165, 1.54) is 23.3 Å². The molecule has 0 bridgehead atoms. The summed E-state index contributed by atoms with van der Waals surface area (Å²) in [4.78, 5) is 46.6. The van der Waals surface area contributed by atoms with E-state index in [0.717, 1.165) is 0 Å². The number of aromatic amines is 2. The molecule has 26 heavy (non-hydrogen) atoms. The summed E-state index contributed by atoms with van der Waals surface area (Å²) in [5, 5.41) is 3.65. The van der Waals surface area contributed by atoms with E-state index in [1.807, 2.05) is 0 Å². The Bertz CT molecular complexity index is 957. The van der Waals surface area contributed by atoms with Gasteiger partial charge in [0.2, 0.25) is 0 Å². The van der Waals surface area contributed by atoms with Gasteiger partial charge in [-0.1, -0.05) is 5.11 Å². The van der Waals surface area contributed by atoms with Crippen molar-refractivity contribution in [1.82, 2.24) is 19.5 Å². The average molecular weight is 361 g/mol. The summed E-state index contributed by atoms with van der Waals surface area (Å²) in [6, 6.07) is -0.640. The van der Waals surface area contributed by atoms with Crippen LogP contribution in [0.2, 0.25) is 0 Å². The number of aromatic nitrogens is 4. The highest BCUT2D eigenvalue weighted by Gasteiger charge is 2.37. The summed E-state index contributed by atoms with van der Waals surface area (Å²) < 4.78 is 12.1. The third kappa shape index (κ3) is 3.50. The molecule has 3 rings (SSSR count). The second-order valence-electron chi connectivity index (χ2n) is 5.68. The van der Waals surface area contributed by atoms with Gasteiger partial charge in [-0.3, -0.25) is 14.3 Å². The minimum absolute atomic E-state index is 0.172. The van der Waals surface area contributed by atoms with E-state index < -0.39 is 35.6 Å². The Morgan fingerprint density at radius 2 is 2.38 bits per heavy atom. The van der Waals surface area contributed by atoms with E-state index >= 15 is 0 Å². The third-order valence-corrected chi connectivity index (χ3v) is 3.96. The minimum atomic E-state index is -0.760. The van der Waals surface area contributed by atoms with Crippen molar-refractivity contribution in [2.45, 2.75) is 31.7 Å². The Morgan fingerprint density at radius 3 is 3.08 bits per heavy atom. The summed E-state index contributed by atoms with van der Waals surface area (Å²) in [5.41, 5.74) is 8.12. The van der Waals surface area contributed by atoms with Gasteiger partial charge in [-0.05, 0) is 12.5 Å². The number of H-pyrrole nitrogens is 2. The molecule has 0 aliphatic carbocycles. The number of carbonyl (C=O) groups excluding carboxylic acids is 1. The summed E-state index contributed by atoms with van der Waals surface area (Å²) in [6.07, 6.45) is 2.73. The van der Waals surface area contributed by atoms with Gasteiger partial charge in [-0.15, -0.1) is 0 Å². The molecule has 0 spiro atoms. The van der Waals surface area contributed by atoms with E-state index in [-0.39, 0.29) is 18.7 Å². The van der Waals surface area contributed by atoms with Crippen LogP contribution in [-0.4, -0.2) is 44.2 Å². The molecule has 2 aromatic rings. The van der Waals surface area contributed by atoms with E-state index in [4.69, 9.17) is 15.0 Å². The van der Waals surface area contributed by atoms with E-state index in [0.29, 0.717) is 5.56 Å². The molecule has 3 heterocycles. The fraction of sp³-hybridized carbons (Fsp3) is 0.429. The zero-order valence-electron chi connectivity index (χ0n) is 13.7. The molecule has 136 valence electrons. The first-order chi connectivity index (χ1) is 12.5. The van der Waals surface area contributed by atoms with Crippen LogP contribution < -0.4 is 11.2 Å². The number of nitrogens with zero attached hydrogens (tertiary/aromatic N) is 5. The molecule has 2 aromatic heterocycles. The van der Waals surface area contributed by atoms with Crippen molar-refractivity contribution < 1.29 is 14.3 Å². The van der Waals surface area contributed by atoms with Gasteiger partial charge in [0.25, 0.3) is 5.56 Å². The van der Waals surface area contributed by atoms with Gasteiger partial charge in [-0.2, -0.15) is 0 Å². The quantitative estimate of drug-likeness (QED) is 0.338. The van der Waals surface area contributed by atoms with Crippen LogP contribution in [0.5, 0.6) is 0 Å². The predicted octanol–water partition coefficient (Wildman–Crippen LogP) is 0.392. The maximum Gasteiger partial charge on any atom is 0.356 e. The van der Waals surface area contributed by atoms with Crippen LogP contribution in [0, 0.1) is 6.92 Å². The fourth-order valence-electron chi connectivity index (χ4n) is 2.63. The number of esters is 1. The summed E-state index contributed by atoms with van der Waals surface area (Å²) >= 11 is 0. The Morgan fingerprint density at radius 1 is 1.58 bits per heavy atom. The summed E-state index contributed by atoms with van der Waals surface area (Å²) in [5.74, 6) is -0.633. The SMILES string of the molecule is Cc1cn([C@H]2C[C@H](N=[N+]=[N-])[C@@H](COC(=O)c3cnc[nH]3)O2)c(=O)[nH]c1=O. The van der Waals surface area contributed by atoms with Crippen LogP contribution in [0.1, 0.15) is 28.7 Å². The number of rotatable bonds is 5. The largest absolute Gasteiger partial charge is 0.458 e. The highest BCUT2D eigenvalue weighted by Crippen LogP contribution is 2.30. The Kier molecular flexibility index (Phi) is 4.87. The zero-order chi connectivity index (χ0) is 18.7. The standard InChI is InChI=1S/C14H15N7O5/c1-7-4-21(14(24)18-12(7)22)11-2-8(19-20-15)10(26-11)5-25-13(23)9-3-16-6-17-9/h3-4,6,8,10-11H,2,5H2,1H3,(H,16,17)(H,18,22,24)/t8-,10+,11+/m0/s1. The minimum Gasteiger partial charge on any atom is -0.458 e. The van der Waals surface area contributed by atoms with Gasteiger partial charge >= 0.3 is 11.7 Å². The van der Waals surface area contributed by atoms with E-state index in [9.17, 15) is 14.4 Å². The van der Waals surface area contributed by atoms with Gasteiger partial charge in [-0.25, -0.2) is 14.6 Å². The first kappa shape index (κ1) is 17.5. The molecule has 0 radical (unpaired) electrons. The highest BCUT2D eigenvalue weighted by atomic mass is 16.6. The summed E-state index contributed by atoms with van der Waals surface area (Å²) in [6.45, 7) is 1.38. The van der Waals surface area contributed by atoms with Crippen molar-refractivity contribution in [2.75, 3.05) is 6.61 Å². The number of azide groups is 1. The molecule has 0 unspecified atom stereocenters.